The first-order valence-electron chi connectivity index (χ1n) is 5.61. The molecule has 0 spiro atoms. The number of hydrogen-bond donors (Lipinski definition) is 2. The molecule has 0 bridgehead atoms. The summed E-state index contributed by atoms with van der Waals surface area (Å²) in [7, 11) is 1.45. The van der Waals surface area contributed by atoms with Crippen LogP contribution in [0.15, 0.2) is 18.3 Å². The van der Waals surface area contributed by atoms with Gasteiger partial charge in [-0.2, -0.15) is 4.98 Å². The number of halogens is 1. The van der Waals surface area contributed by atoms with Crippen LogP contribution < -0.4 is 15.8 Å². The van der Waals surface area contributed by atoms with Crippen molar-refractivity contribution in [3.63, 3.8) is 0 Å². The van der Waals surface area contributed by atoms with Crippen LogP contribution in [0.3, 0.4) is 0 Å². The summed E-state index contributed by atoms with van der Waals surface area (Å²) < 4.78 is 18.0. The van der Waals surface area contributed by atoms with Crippen molar-refractivity contribution in [1.82, 2.24) is 15.0 Å². The predicted octanol–water partition coefficient (Wildman–Crippen LogP) is 1.16. The second kappa shape index (κ2) is 5.47. The standard InChI is InChI=1S/C12H12FN5O2/c1-6-3-9(20-2)17-12(16-6)18-11(19)8-4-7(13)5-15-10(8)14/h3-5H,1-2H3,(H2,14,15)(H,16,17,18,19). The fourth-order valence-corrected chi connectivity index (χ4v) is 1.50. The Labute approximate surface area is 114 Å². The summed E-state index contributed by atoms with van der Waals surface area (Å²) in [5.74, 6) is -1.05. The van der Waals surface area contributed by atoms with Gasteiger partial charge >= 0.3 is 0 Å². The number of nitrogens with two attached hydrogens (primary N) is 1. The maximum absolute atomic E-state index is 13.1. The Morgan fingerprint density at radius 2 is 2.15 bits per heavy atom. The summed E-state index contributed by atoms with van der Waals surface area (Å²) in [6.07, 6.45) is 0.929. The number of methoxy groups -OCH3 is 1. The lowest BCUT2D eigenvalue weighted by Gasteiger charge is -2.07. The highest BCUT2D eigenvalue weighted by atomic mass is 19.1. The summed E-state index contributed by atoms with van der Waals surface area (Å²) in [5, 5.41) is 2.41. The van der Waals surface area contributed by atoms with Crippen LogP contribution in [0.5, 0.6) is 5.88 Å². The van der Waals surface area contributed by atoms with Gasteiger partial charge in [0.1, 0.15) is 11.6 Å². The second-order valence-corrected chi connectivity index (χ2v) is 3.92. The summed E-state index contributed by atoms with van der Waals surface area (Å²) in [5.41, 5.74) is 6.05. The number of carbonyl (C=O) groups is 1. The zero-order valence-corrected chi connectivity index (χ0v) is 10.8. The molecule has 2 rings (SSSR count). The number of pyridine rings is 1. The number of carbonyl (C=O) groups excluding carboxylic acids is 1. The van der Waals surface area contributed by atoms with Gasteiger partial charge in [-0.15, -0.1) is 0 Å². The Morgan fingerprint density at radius 1 is 1.40 bits per heavy atom. The van der Waals surface area contributed by atoms with Gasteiger partial charge < -0.3 is 10.5 Å². The molecule has 2 aromatic heterocycles. The molecule has 0 unspecified atom stereocenters. The molecule has 0 aliphatic carbocycles. The van der Waals surface area contributed by atoms with E-state index in [-0.39, 0.29) is 17.3 Å². The van der Waals surface area contributed by atoms with Gasteiger partial charge in [0.15, 0.2) is 0 Å². The van der Waals surface area contributed by atoms with Crippen LogP contribution in [-0.4, -0.2) is 28.0 Å². The largest absolute Gasteiger partial charge is 0.481 e. The molecular formula is C12H12FN5O2. The second-order valence-electron chi connectivity index (χ2n) is 3.92. The van der Waals surface area contributed by atoms with Gasteiger partial charge in [-0.05, 0) is 13.0 Å². The minimum Gasteiger partial charge on any atom is -0.481 e. The molecular weight excluding hydrogens is 265 g/mol. The van der Waals surface area contributed by atoms with Crippen molar-refractivity contribution in [2.75, 3.05) is 18.2 Å². The smallest absolute Gasteiger partial charge is 0.261 e. The number of nitrogens with one attached hydrogen (secondary N) is 1. The number of nitrogen functional groups attached to an aromatic ring is 1. The minimum absolute atomic E-state index is 0.0375. The fraction of sp³-hybridized carbons (Fsp3) is 0.167. The summed E-state index contributed by atoms with van der Waals surface area (Å²) in [4.78, 5) is 23.5. The molecule has 20 heavy (non-hydrogen) atoms. The zero-order chi connectivity index (χ0) is 14.7. The Hall–Kier alpha value is -2.77. The van der Waals surface area contributed by atoms with Crippen molar-refractivity contribution in [3.05, 3.63) is 35.4 Å². The van der Waals surface area contributed by atoms with E-state index in [1.54, 1.807) is 13.0 Å². The molecule has 104 valence electrons. The van der Waals surface area contributed by atoms with Gasteiger partial charge in [0.2, 0.25) is 11.8 Å². The zero-order valence-electron chi connectivity index (χ0n) is 10.8. The first-order valence-corrected chi connectivity index (χ1v) is 5.61. The molecule has 3 N–H and O–H groups in total. The summed E-state index contributed by atoms with van der Waals surface area (Å²) in [6, 6.07) is 2.60. The molecule has 0 radical (unpaired) electrons. The molecule has 2 heterocycles. The maximum Gasteiger partial charge on any atom is 0.261 e. The van der Waals surface area contributed by atoms with E-state index < -0.39 is 11.7 Å². The number of anilines is 2. The van der Waals surface area contributed by atoms with Gasteiger partial charge in [0.25, 0.3) is 5.91 Å². The van der Waals surface area contributed by atoms with Crippen molar-refractivity contribution < 1.29 is 13.9 Å². The number of ether oxygens (including phenoxy) is 1. The molecule has 0 aromatic carbocycles. The van der Waals surface area contributed by atoms with Crippen molar-refractivity contribution in [2.45, 2.75) is 6.92 Å². The van der Waals surface area contributed by atoms with E-state index in [1.165, 1.54) is 7.11 Å². The third-order valence-electron chi connectivity index (χ3n) is 2.39. The Balaban J connectivity index is 2.27. The van der Waals surface area contributed by atoms with Gasteiger partial charge in [-0.25, -0.2) is 14.4 Å². The van der Waals surface area contributed by atoms with Gasteiger partial charge in [-0.1, -0.05) is 0 Å². The molecule has 7 nitrogen and oxygen atoms in total. The van der Waals surface area contributed by atoms with Crippen LogP contribution in [0.4, 0.5) is 16.2 Å². The molecule has 0 fully saturated rings. The lowest BCUT2D eigenvalue weighted by molar-refractivity contribution is 0.102. The average molecular weight is 277 g/mol. The maximum atomic E-state index is 13.1. The first kappa shape index (κ1) is 13.7. The van der Waals surface area contributed by atoms with Gasteiger partial charge in [-0.3, -0.25) is 10.1 Å². The highest BCUT2D eigenvalue weighted by Crippen LogP contribution is 2.14. The van der Waals surface area contributed by atoms with Crippen LogP contribution in [0, 0.1) is 12.7 Å². The third-order valence-corrected chi connectivity index (χ3v) is 2.39. The molecule has 0 saturated heterocycles. The summed E-state index contributed by atoms with van der Waals surface area (Å²) >= 11 is 0. The lowest BCUT2D eigenvalue weighted by Crippen LogP contribution is -2.17. The van der Waals surface area contributed by atoms with Crippen LogP contribution in [0.25, 0.3) is 0 Å². The van der Waals surface area contributed by atoms with Crippen LogP contribution in [0.2, 0.25) is 0 Å². The molecule has 1 amide bonds. The number of aryl methyl sites for hydroxylation is 1. The minimum atomic E-state index is -0.660. The van der Waals surface area contributed by atoms with Crippen LogP contribution in [0.1, 0.15) is 16.1 Å². The third kappa shape index (κ3) is 2.97. The fourth-order valence-electron chi connectivity index (χ4n) is 1.50. The van der Waals surface area contributed by atoms with E-state index in [0.29, 0.717) is 11.6 Å². The van der Waals surface area contributed by atoms with Crippen molar-refractivity contribution in [3.8, 4) is 5.88 Å². The molecule has 0 atom stereocenters. The predicted molar refractivity (Wildman–Crippen MR) is 69.9 cm³/mol. The SMILES string of the molecule is COc1cc(C)nc(NC(=O)c2cc(F)cnc2N)n1. The normalized spacial score (nSPS) is 10.2. The van der Waals surface area contributed by atoms with Crippen molar-refractivity contribution in [2.24, 2.45) is 0 Å². The number of amides is 1. The van der Waals surface area contributed by atoms with E-state index >= 15 is 0 Å². The van der Waals surface area contributed by atoms with E-state index in [1.807, 2.05) is 0 Å². The van der Waals surface area contributed by atoms with Gasteiger partial charge in [0.05, 0.1) is 18.9 Å². The van der Waals surface area contributed by atoms with Crippen molar-refractivity contribution in [1.29, 1.82) is 0 Å². The van der Waals surface area contributed by atoms with Crippen LogP contribution >= 0.6 is 0 Å². The Kier molecular flexibility index (Phi) is 3.74. The van der Waals surface area contributed by atoms with Crippen molar-refractivity contribution >= 4 is 17.7 Å². The van der Waals surface area contributed by atoms with Gasteiger partial charge in [0, 0.05) is 11.8 Å². The average Bonchev–Trinajstić information content (AvgIpc) is 2.40. The van der Waals surface area contributed by atoms with Crippen LogP contribution in [-0.2, 0) is 0 Å². The first-order chi connectivity index (χ1) is 9.49. The molecule has 0 saturated carbocycles. The van der Waals surface area contributed by atoms with E-state index in [4.69, 9.17) is 10.5 Å². The topological polar surface area (TPSA) is 103 Å². The highest BCUT2D eigenvalue weighted by Gasteiger charge is 2.14. The Bertz CT molecular complexity index is 662. The monoisotopic (exact) mass is 277 g/mol. The van der Waals surface area contributed by atoms with E-state index in [9.17, 15) is 9.18 Å². The van der Waals surface area contributed by atoms with E-state index in [2.05, 4.69) is 20.3 Å². The van der Waals surface area contributed by atoms with E-state index in [0.717, 1.165) is 12.3 Å². The Morgan fingerprint density at radius 3 is 2.85 bits per heavy atom. The number of aromatic nitrogens is 3. The lowest BCUT2D eigenvalue weighted by atomic mass is 10.2. The summed E-state index contributed by atoms with van der Waals surface area (Å²) in [6.45, 7) is 1.72. The number of hydrogen-bond acceptors (Lipinski definition) is 6. The quantitative estimate of drug-likeness (QED) is 0.872. The molecule has 0 aliphatic rings. The molecule has 8 heteroatoms. The number of nitrogens with zero attached hydrogens (tertiary/aromatic N) is 3. The molecule has 2 aromatic rings. The highest BCUT2D eigenvalue weighted by molar-refractivity contribution is 6.06. The molecule has 0 aliphatic heterocycles. The number of rotatable bonds is 3.